The fraction of sp³-hybridized carbons (Fsp3) is 0.448. The van der Waals surface area contributed by atoms with Gasteiger partial charge in [-0.25, -0.2) is 0 Å². The number of allylic oxidation sites excluding steroid dienone is 1. The molecule has 2 aliphatic rings. The molecule has 172 valence electrons. The number of rotatable bonds is 7. The van der Waals surface area contributed by atoms with Crippen LogP contribution in [0, 0.1) is 5.92 Å². The second-order valence-corrected chi connectivity index (χ2v) is 9.61. The van der Waals surface area contributed by atoms with Gasteiger partial charge in [-0.05, 0) is 69.0 Å². The molecule has 0 spiro atoms. The first kappa shape index (κ1) is 22.1. The number of fused-ring (bicyclic) bond motifs is 1. The second-order valence-electron chi connectivity index (χ2n) is 9.61. The highest BCUT2D eigenvalue weighted by Gasteiger charge is 2.30. The highest BCUT2D eigenvalue weighted by atomic mass is 16.3. The average Bonchev–Trinajstić information content (AvgIpc) is 3.24. The molecule has 1 aliphatic heterocycles. The van der Waals surface area contributed by atoms with Crippen LogP contribution < -0.4 is 0 Å². The van der Waals surface area contributed by atoms with E-state index in [1.54, 1.807) is 6.26 Å². The van der Waals surface area contributed by atoms with Crippen molar-refractivity contribution in [1.82, 2.24) is 9.88 Å². The smallest absolute Gasteiger partial charge is 0.145 e. The van der Waals surface area contributed by atoms with Crippen LogP contribution in [0.5, 0.6) is 0 Å². The number of aromatic nitrogens is 1. The molecule has 33 heavy (non-hydrogen) atoms. The van der Waals surface area contributed by atoms with Crippen LogP contribution in [0.25, 0.3) is 16.5 Å². The zero-order chi connectivity index (χ0) is 22.5. The Morgan fingerprint density at radius 1 is 1.06 bits per heavy atom. The molecule has 1 aliphatic carbocycles. The molecule has 2 aromatic heterocycles. The van der Waals surface area contributed by atoms with Gasteiger partial charge in [0.2, 0.25) is 0 Å². The predicted octanol–water partition coefficient (Wildman–Crippen LogP) is 6.63. The number of hydrogen-bond acceptors (Lipinski definition) is 4. The Morgan fingerprint density at radius 2 is 1.97 bits per heavy atom. The van der Waals surface area contributed by atoms with Gasteiger partial charge < -0.3 is 4.42 Å². The molecule has 1 fully saturated rings. The number of carbonyl (C=O) groups is 1. The maximum absolute atomic E-state index is 13.5. The molecule has 0 saturated heterocycles. The van der Waals surface area contributed by atoms with E-state index in [4.69, 9.17) is 4.42 Å². The maximum atomic E-state index is 13.5. The first-order valence-corrected chi connectivity index (χ1v) is 12.6. The molecular weight excluding hydrogens is 408 g/mol. The van der Waals surface area contributed by atoms with Gasteiger partial charge in [0, 0.05) is 29.6 Å². The van der Waals surface area contributed by atoms with Crippen LogP contribution >= 0.6 is 0 Å². The van der Waals surface area contributed by atoms with E-state index >= 15 is 0 Å². The first-order valence-electron chi connectivity index (χ1n) is 12.6. The number of Topliss-reactive ketones (excluding diaryl/α,β-unsaturated/α-hetero) is 1. The van der Waals surface area contributed by atoms with Gasteiger partial charge in [-0.2, -0.15) is 0 Å². The standard InChI is InChI=1S/C29H34N2O2/c32-28(23-8-2-1-3-9-23)26(27-13-4-5-17-30-27)15-20-31-18-7-11-22(14-19-31)25-12-6-10-24-16-21-33-29(24)25/h4-6,10,12-14,16-17,21,23,26H,1-3,7-9,11,15,18-20H2. The summed E-state index contributed by atoms with van der Waals surface area (Å²) in [4.78, 5) is 20.6. The Hall–Kier alpha value is -2.72. The topological polar surface area (TPSA) is 46.3 Å². The highest BCUT2D eigenvalue weighted by Crippen LogP contribution is 2.33. The van der Waals surface area contributed by atoms with Crippen LogP contribution in [-0.4, -0.2) is 35.3 Å². The molecule has 1 saturated carbocycles. The predicted molar refractivity (Wildman–Crippen MR) is 133 cm³/mol. The summed E-state index contributed by atoms with van der Waals surface area (Å²) < 4.78 is 5.78. The van der Waals surface area contributed by atoms with Crippen molar-refractivity contribution in [3.05, 3.63) is 72.3 Å². The number of furan rings is 1. The number of benzene rings is 1. The summed E-state index contributed by atoms with van der Waals surface area (Å²) in [5.74, 6) is 0.553. The maximum Gasteiger partial charge on any atom is 0.145 e. The van der Waals surface area contributed by atoms with Crippen LogP contribution in [-0.2, 0) is 4.79 Å². The third-order valence-electron chi connectivity index (χ3n) is 7.47. The Morgan fingerprint density at radius 3 is 2.82 bits per heavy atom. The van der Waals surface area contributed by atoms with Crippen LogP contribution in [0.3, 0.4) is 0 Å². The summed E-state index contributed by atoms with van der Waals surface area (Å²) >= 11 is 0. The minimum atomic E-state index is -0.0853. The van der Waals surface area contributed by atoms with Gasteiger partial charge in [0.05, 0.1) is 17.9 Å². The van der Waals surface area contributed by atoms with E-state index in [-0.39, 0.29) is 11.8 Å². The zero-order valence-corrected chi connectivity index (χ0v) is 19.4. The van der Waals surface area contributed by atoms with Gasteiger partial charge in [-0.3, -0.25) is 14.7 Å². The van der Waals surface area contributed by atoms with Crippen molar-refractivity contribution in [2.24, 2.45) is 5.92 Å². The minimum absolute atomic E-state index is 0.0853. The first-order chi connectivity index (χ1) is 16.3. The number of nitrogens with zero attached hydrogens (tertiary/aromatic N) is 2. The summed E-state index contributed by atoms with van der Waals surface area (Å²) in [6, 6.07) is 14.4. The van der Waals surface area contributed by atoms with Gasteiger partial charge in [-0.1, -0.05) is 49.6 Å². The highest BCUT2D eigenvalue weighted by molar-refractivity contribution is 5.90. The van der Waals surface area contributed by atoms with Crippen LogP contribution in [0.15, 0.2) is 65.4 Å². The molecule has 4 nitrogen and oxygen atoms in total. The fourth-order valence-corrected chi connectivity index (χ4v) is 5.62. The SMILES string of the molecule is O=C(C1CCCCC1)C(CCN1CC=C(c2cccc3ccoc23)CCC1)c1ccccn1. The average molecular weight is 443 g/mol. The van der Waals surface area contributed by atoms with E-state index in [1.165, 1.54) is 30.4 Å². The fourth-order valence-electron chi connectivity index (χ4n) is 5.62. The lowest BCUT2D eigenvalue weighted by atomic mass is 9.79. The minimum Gasteiger partial charge on any atom is -0.464 e. The molecule has 0 amide bonds. The van der Waals surface area contributed by atoms with Crippen molar-refractivity contribution in [3.8, 4) is 0 Å². The third kappa shape index (κ3) is 5.11. The van der Waals surface area contributed by atoms with Gasteiger partial charge >= 0.3 is 0 Å². The zero-order valence-electron chi connectivity index (χ0n) is 19.4. The van der Waals surface area contributed by atoms with Gasteiger partial charge in [0.25, 0.3) is 0 Å². The number of hydrogen-bond donors (Lipinski definition) is 0. The van der Waals surface area contributed by atoms with E-state index in [0.29, 0.717) is 5.78 Å². The molecule has 1 aromatic carbocycles. The Balaban J connectivity index is 1.28. The van der Waals surface area contributed by atoms with Crippen molar-refractivity contribution in [2.75, 3.05) is 19.6 Å². The summed E-state index contributed by atoms with van der Waals surface area (Å²) in [7, 11) is 0. The van der Waals surface area contributed by atoms with E-state index in [1.807, 2.05) is 30.5 Å². The third-order valence-corrected chi connectivity index (χ3v) is 7.47. The van der Waals surface area contributed by atoms with Crippen molar-refractivity contribution < 1.29 is 9.21 Å². The number of carbonyl (C=O) groups excluding carboxylic acids is 1. The van der Waals surface area contributed by atoms with E-state index in [9.17, 15) is 4.79 Å². The summed E-state index contributed by atoms with van der Waals surface area (Å²) in [5.41, 5.74) is 4.53. The molecule has 0 radical (unpaired) electrons. The molecule has 4 heteroatoms. The molecule has 3 aromatic rings. The number of para-hydroxylation sites is 1. The molecule has 1 unspecified atom stereocenters. The van der Waals surface area contributed by atoms with Crippen molar-refractivity contribution in [3.63, 3.8) is 0 Å². The molecule has 5 rings (SSSR count). The van der Waals surface area contributed by atoms with Crippen LogP contribution in [0.1, 0.15) is 68.5 Å². The molecule has 0 bridgehead atoms. The Kier molecular flexibility index (Phi) is 7.01. The van der Waals surface area contributed by atoms with Gasteiger partial charge in [0.15, 0.2) is 0 Å². The molecule has 0 N–H and O–H groups in total. The van der Waals surface area contributed by atoms with Crippen molar-refractivity contribution in [2.45, 2.75) is 57.3 Å². The Labute approximate surface area is 196 Å². The normalized spacial score (nSPS) is 19.2. The lowest BCUT2D eigenvalue weighted by molar-refractivity contribution is -0.125. The summed E-state index contributed by atoms with van der Waals surface area (Å²) in [6.45, 7) is 2.90. The summed E-state index contributed by atoms with van der Waals surface area (Å²) in [5, 5.41) is 1.16. The summed E-state index contributed by atoms with van der Waals surface area (Å²) in [6.07, 6.45) is 14.7. The largest absolute Gasteiger partial charge is 0.464 e. The Bertz CT molecular complexity index is 1100. The second kappa shape index (κ2) is 10.5. The lowest BCUT2D eigenvalue weighted by Crippen LogP contribution is -2.30. The van der Waals surface area contributed by atoms with Gasteiger partial charge in [-0.15, -0.1) is 0 Å². The number of pyridine rings is 1. The van der Waals surface area contributed by atoms with E-state index in [0.717, 1.165) is 68.4 Å². The molecule has 1 atom stereocenters. The van der Waals surface area contributed by atoms with Gasteiger partial charge in [0.1, 0.15) is 11.4 Å². The quantitative estimate of drug-likeness (QED) is 0.412. The van der Waals surface area contributed by atoms with Crippen molar-refractivity contribution >= 4 is 22.3 Å². The van der Waals surface area contributed by atoms with Crippen molar-refractivity contribution in [1.29, 1.82) is 0 Å². The molecule has 3 heterocycles. The number of ketones is 1. The molecular formula is C29H34N2O2. The van der Waals surface area contributed by atoms with E-state index in [2.05, 4.69) is 34.2 Å². The van der Waals surface area contributed by atoms with Crippen LogP contribution in [0.4, 0.5) is 0 Å². The van der Waals surface area contributed by atoms with E-state index < -0.39 is 0 Å². The van der Waals surface area contributed by atoms with Crippen LogP contribution in [0.2, 0.25) is 0 Å². The lowest BCUT2D eigenvalue weighted by Gasteiger charge is -2.27. The monoisotopic (exact) mass is 442 g/mol.